The summed E-state index contributed by atoms with van der Waals surface area (Å²) in [5.74, 6) is 1.90. The highest BCUT2D eigenvalue weighted by molar-refractivity contribution is 5.77. The fraction of sp³-hybridized carbons (Fsp3) is 0.611. The van der Waals surface area contributed by atoms with Gasteiger partial charge in [-0.2, -0.15) is 0 Å². The molecule has 0 radical (unpaired) electrons. The molecule has 0 saturated carbocycles. The molecule has 0 aromatic heterocycles. The molecule has 2 rings (SSSR count). The van der Waals surface area contributed by atoms with E-state index in [0.29, 0.717) is 11.8 Å². The highest BCUT2D eigenvalue weighted by Gasteiger charge is 2.23. The summed E-state index contributed by atoms with van der Waals surface area (Å²) in [5, 5.41) is 3.20. The van der Waals surface area contributed by atoms with E-state index in [1.54, 1.807) is 0 Å². The van der Waals surface area contributed by atoms with Crippen LogP contribution in [-0.2, 0) is 4.79 Å². The maximum Gasteiger partial charge on any atom is 0.260 e. The van der Waals surface area contributed by atoms with Crippen LogP contribution in [0.15, 0.2) is 24.3 Å². The summed E-state index contributed by atoms with van der Waals surface area (Å²) in [4.78, 5) is 14.3. The number of hydrogen-bond acceptors (Lipinski definition) is 3. The van der Waals surface area contributed by atoms with Gasteiger partial charge in [-0.15, -0.1) is 0 Å². The Morgan fingerprint density at radius 2 is 2.27 bits per heavy atom. The predicted molar refractivity (Wildman–Crippen MR) is 89.3 cm³/mol. The first-order valence-corrected chi connectivity index (χ1v) is 8.25. The Bertz CT molecular complexity index is 486. The van der Waals surface area contributed by atoms with Gasteiger partial charge in [0.15, 0.2) is 6.61 Å². The standard InChI is InChI=1S/C18H28N2O2/c1-14(2)16-7-4-8-17(10-16)22-13-18(21)20-9-5-6-15(12-20)11-19-3/h4,7-8,10,14-15,19H,5-6,9,11-13H2,1-3H3. The molecule has 4 nitrogen and oxygen atoms in total. The molecule has 0 spiro atoms. The van der Waals surface area contributed by atoms with Crippen molar-refractivity contribution >= 4 is 5.91 Å². The Morgan fingerprint density at radius 3 is 3.00 bits per heavy atom. The van der Waals surface area contributed by atoms with Crippen LogP contribution in [0.25, 0.3) is 0 Å². The lowest BCUT2D eigenvalue weighted by Crippen LogP contribution is -2.44. The van der Waals surface area contributed by atoms with Crippen LogP contribution in [0.5, 0.6) is 5.75 Å². The van der Waals surface area contributed by atoms with Gasteiger partial charge in [0.2, 0.25) is 0 Å². The van der Waals surface area contributed by atoms with E-state index in [1.165, 1.54) is 12.0 Å². The highest BCUT2D eigenvalue weighted by atomic mass is 16.5. The van der Waals surface area contributed by atoms with Crippen LogP contribution in [0.2, 0.25) is 0 Å². The van der Waals surface area contributed by atoms with Crippen molar-refractivity contribution in [1.82, 2.24) is 10.2 Å². The minimum Gasteiger partial charge on any atom is -0.484 e. The van der Waals surface area contributed by atoms with E-state index >= 15 is 0 Å². The summed E-state index contributed by atoms with van der Waals surface area (Å²) in [6.07, 6.45) is 2.28. The van der Waals surface area contributed by atoms with Gasteiger partial charge in [0.1, 0.15) is 5.75 Å². The van der Waals surface area contributed by atoms with Crippen molar-refractivity contribution in [1.29, 1.82) is 0 Å². The third-order valence-electron chi connectivity index (χ3n) is 4.25. The number of nitrogens with zero attached hydrogens (tertiary/aromatic N) is 1. The van der Waals surface area contributed by atoms with E-state index in [0.717, 1.165) is 31.8 Å². The maximum atomic E-state index is 12.3. The van der Waals surface area contributed by atoms with Gasteiger partial charge < -0.3 is 15.0 Å². The van der Waals surface area contributed by atoms with Gasteiger partial charge >= 0.3 is 0 Å². The molecule has 1 amide bonds. The summed E-state index contributed by atoms with van der Waals surface area (Å²) in [6, 6.07) is 8.02. The molecule has 1 fully saturated rings. The number of carbonyl (C=O) groups excluding carboxylic acids is 1. The van der Waals surface area contributed by atoms with Crippen molar-refractivity contribution in [2.75, 3.05) is 33.3 Å². The van der Waals surface area contributed by atoms with Crippen LogP contribution in [-0.4, -0.2) is 44.1 Å². The molecule has 1 atom stereocenters. The molecule has 1 aromatic carbocycles. The molecule has 0 aliphatic carbocycles. The highest BCUT2D eigenvalue weighted by Crippen LogP contribution is 2.20. The number of rotatable bonds is 6. The molecule has 1 unspecified atom stereocenters. The largest absolute Gasteiger partial charge is 0.484 e. The molecule has 1 heterocycles. The molecule has 0 bridgehead atoms. The van der Waals surface area contributed by atoms with Crippen LogP contribution >= 0.6 is 0 Å². The van der Waals surface area contributed by atoms with Gasteiger partial charge in [-0.3, -0.25) is 4.79 Å². The van der Waals surface area contributed by atoms with E-state index in [1.807, 2.05) is 30.1 Å². The second-order valence-corrected chi connectivity index (χ2v) is 6.42. The Morgan fingerprint density at radius 1 is 1.45 bits per heavy atom. The van der Waals surface area contributed by atoms with Crippen LogP contribution in [0.4, 0.5) is 0 Å². The molecule has 4 heteroatoms. The number of ether oxygens (including phenoxy) is 1. The molecule has 122 valence electrons. The number of likely N-dealkylation sites (tertiary alicyclic amines) is 1. The number of nitrogens with one attached hydrogen (secondary N) is 1. The Kier molecular flexibility index (Phi) is 6.25. The quantitative estimate of drug-likeness (QED) is 0.878. The van der Waals surface area contributed by atoms with Crippen LogP contribution in [0, 0.1) is 5.92 Å². The van der Waals surface area contributed by atoms with Crippen molar-refractivity contribution in [3.05, 3.63) is 29.8 Å². The Hall–Kier alpha value is -1.55. The van der Waals surface area contributed by atoms with Crippen molar-refractivity contribution in [2.45, 2.75) is 32.6 Å². The zero-order chi connectivity index (χ0) is 15.9. The molecule has 1 N–H and O–H groups in total. The van der Waals surface area contributed by atoms with Gasteiger partial charge in [0.25, 0.3) is 5.91 Å². The summed E-state index contributed by atoms with van der Waals surface area (Å²) >= 11 is 0. The van der Waals surface area contributed by atoms with E-state index in [-0.39, 0.29) is 12.5 Å². The van der Waals surface area contributed by atoms with Crippen LogP contribution in [0.1, 0.15) is 38.2 Å². The zero-order valence-corrected chi connectivity index (χ0v) is 14.0. The molecule has 1 aromatic rings. The van der Waals surface area contributed by atoms with E-state index < -0.39 is 0 Å². The van der Waals surface area contributed by atoms with Gasteiger partial charge in [0.05, 0.1) is 0 Å². The molecular weight excluding hydrogens is 276 g/mol. The molecule has 1 aliphatic rings. The van der Waals surface area contributed by atoms with E-state index in [9.17, 15) is 4.79 Å². The minimum atomic E-state index is 0.0933. The van der Waals surface area contributed by atoms with Gasteiger partial charge in [-0.25, -0.2) is 0 Å². The molecule has 1 saturated heterocycles. The maximum absolute atomic E-state index is 12.3. The van der Waals surface area contributed by atoms with E-state index in [2.05, 4.69) is 25.2 Å². The third kappa shape index (κ3) is 4.73. The zero-order valence-electron chi connectivity index (χ0n) is 14.0. The average molecular weight is 304 g/mol. The second kappa shape index (κ2) is 8.18. The lowest BCUT2D eigenvalue weighted by atomic mass is 9.98. The predicted octanol–water partition coefficient (Wildman–Crippen LogP) is 2.65. The first kappa shape index (κ1) is 16.8. The number of amides is 1. The van der Waals surface area contributed by atoms with Crippen molar-refractivity contribution < 1.29 is 9.53 Å². The molecular formula is C18H28N2O2. The van der Waals surface area contributed by atoms with Gasteiger partial charge in [0, 0.05) is 13.1 Å². The Balaban J connectivity index is 1.85. The SMILES string of the molecule is CNCC1CCCN(C(=O)COc2cccc(C(C)C)c2)C1. The number of hydrogen-bond donors (Lipinski definition) is 1. The number of piperidine rings is 1. The van der Waals surface area contributed by atoms with E-state index in [4.69, 9.17) is 4.74 Å². The van der Waals surface area contributed by atoms with Crippen molar-refractivity contribution in [2.24, 2.45) is 5.92 Å². The van der Waals surface area contributed by atoms with Crippen molar-refractivity contribution in [3.8, 4) is 5.75 Å². The topological polar surface area (TPSA) is 41.6 Å². The lowest BCUT2D eigenvalue weighted by Gasteiger charge is -2.32. The summed E-state index contributed by atoms with van der Waals surface area (Å²) in [5.41, 5.74) is 1.23. The molecule has 22 heavy (non-hydrogen) atoms. The first-order chi connectivity index (χ1) is 10.6. The number of carbonyl (C=O) groups is 1. The third-order valence-corrected chi connectivity index (χ3v) is 4.25. The number of benzene rings is 1. The van der Waals surface area contributed by atoms with Gasteiger partial charge in [-0.1, -0.05) is 26.0 Å². The second-order valence-electron chi connectivity index (χ2n) is 6.42. The summed E-state index contributed by atoms with van der Waals surface area (Å²) in [6.45, 7) is 7.11. The van der Waals surface area contributed by atoms with Gasteiger partial charge in [-0.05, 0) is 56.0 Å². The lowest BCUT2D eigenvalue weighted by molar-refractivity contribution is -0.135. The van der Waals surface area contributed by atoms with Crippen molar-refractivity contribution in [3.63, 3.8) is 0 Å². The van der Waals surface area contributed by atoms with Crippen LogP contribution in [0.3, 0.4) is 0 Å². The average Bonchev–Trinajstić information content (AvgIpc) is 2.53. The van der Waals surface area contributed by atoms with Crippen LogP contribution < -0.4 is 10.1 Å². The molecule has 1 aliphatic heterocycles. The fourth-order valence-corrected chi connectivity index (χ4v) is 2.95. The Labute approximate surface area is 133 Å². The minimum absolute atomic E-state index is 0.0933. The fourth-order valence-electron chi connectivity index (χ4n) is 2.95. The smallest absolute Gasteiger partial charge is 0.260 e. The summed E-state index contributed by atoms with van der Waals surface area (Å²) in [7, 11) is 1.96. The summed E-state index contributed by atoms with van der Waals surface area (Å²) < 4.78 is 5.70. The first-order valence-electron chi connectivity index (χ1n) is 8.25. The monoisotopic (exact) mass is 304 g/mol. The normalized spacial score (nSPS) is 18.5.